The number of rotatable bonds is 5. The molecule has 7 heteroatoms. The van der Waals surface area contributed by atoms with E-state index in [1.165, 1.54) is 18.3 Å². The van der Waals surface area contributed by atoms with Crippen LogP contribution in [0.4, 0.5) is 0 Å². The van der Waals surface area contributed by atoms with Gasteiger partial charge < -0.3 is 15.5 Å². The van der Waals surface area contributed by atoms with Crippen molar-refractivity contribution in [3.05, 3.63) is 21.9 Å². The van der Waals surface area contributed by atoms with Gasteiger partial charge in [-0.1, -0.05) is 0 Å². The molecule has 1 fully saturated rings. The van der Waals surface area contributed by atoms with Crippen LogP contribution in [0.1, 0.15) is 47.2 Å². The predicted molar refractivity (Wildman–Crippen MR) is 89.7 cm³/mol. The second kappa shape index (κ2) is 7.23. The molecule has 0 saturated carbocycles. The molecule has 0 aliphatic carbocycles. The average Bonchev–Trinajstić information content (AvgIpc) is 3.14. The first-order valence-electron chi connectivity index (χ1n) is 7.83. The van der Waals surface area contributed by atoms with E-state index in [0.29, 0.717) is 36.5 Å². The maximum Gasteiger partial charge on any atom is 0.255 e. The highest BCUT2D eigenvalue weighted by atomic mass is 32.1. The van der Waals surface area contributed by atoms with Crippen LogP contribution in [0.2, 0.25) is 0 Å². The molecule has 1 aliphatic rings. The van der Waals surface area contributed by atoms with Crippen LogP contribution in [-0.2, 0) is 4.79 Å². The standard InChI is InChI=1S/C16H23N3O3S/c1-4-18(5-2)16(22)13-7-12(17)8-19(13)15(21)11-6-14(10(3)20)23-9-11/h6,9,12-13H,4-5,7-8,17H2,1-3H3/t12-,13+/m1/s1. The number of ketones is 1. The molecule has 2 amide bonds. The summed E-state index contributed by atoms with van der Waals surface area (Å²) < 4.78 is 0. The maximum atomic E-state index is 12.7. The monoisotopic (exact) mass is 337 g/mol. The smallest absolute Gasteiger partial charge is 0.255 e. The molecular weight excluding hydrogens is 314 g/mol. The van der Waals surface area contributed by atoms with Crippen LogP contribution in [0.5, 0.6) is 0 Å². The normalized spacial score (nSPS) is 20.6. The Morgan fingerprint density at radius 1 is 1.35 bits per heavy atom. The number of hydrogen-bond acceptors (Lipinski definition) is 5. The van der Waals surface area contributed by atoms with Crippen LogP contribution in [0.15, 0.2) is 11.4 Å². The van der Waals surface area contributed by atoms with Crippen molar-refractivity contribution in [2.45, 2.75) is 39.3 Å². The molecule has 2 N–H and O–H groups in total. The van der Waals surface area contributed by atoms with Gasteiger partial charge in [0.2, 0.25) is 5.91 Å². The van der Waals surface area contributed by atoms with Crippen molar-refractivity contribution < 1.29 is 14.4 Å². The number of hydrogen-bond donors (Lipinski definition) is 1. The van der Waals surface area contributed by atoms with Gasteiger partial charge in [0, 0.05) is 31.1 Å². The molecule has 23 heavy (non-hydrogen) atoms. The van der Waals surface area contributed by atoms with E-state index in [4.69, 9.17) is 5.73 Å². The Labute approximate surface area is 140 Å². The van der Waals surface area contributed by atoms with Gasteiger partial charge in [-0.25, -0.2) is 0 Å². The van der Waals surface area contributed by atoms with Crippen LogP contribution in [-0.4, -0.2) is 59.1 Å². The molecule has 0 aromatic carbocycles. The van der Waals surface area contributed by atoms with Gasteiger partial charge >= 0.3 is 0 Å². The highest BCUT2D eigenvalue weighted by Gasteiger charge is 2.40. The van der Waals surface area contributed by atoms with Crippen molar-refractivity contribution in [2.24, 2.45) is 5.73 Å². The Balaban J connectivity index is 2.22. The van der Waals surface area contributed by atoms with Crippen molar-refractivity contribution in [1.29, 1.82) is 0 Å². The van der Waals surface area contributed by atoms with Crippen molar-refractivity contribution in [1.82, 2.24) is 9.80 Å². The van der Waals surface area contributed by atoms with E-state index in [0.717, 1.165) is 0 Å². The van der Waals surface area contributed by atoms with E-state index in [9.17, 15) is 14.4 Å². The summed E-state index contributed by atoms with van der Waals surface area (Å²) in [6, 6.07) is 0.880. The Hall–Kier alpha value is -1.73. The van der Waals surface area contributed by atoms with E-state index in [-0.39, 0.29) is 23.6 Å². The van der Waals surface area contributed by atoms with Crippen molar-refractivity contribution in [2.75, 3.05) is 19.6 Å². The molecule has 0 spiro atoms. The van der Waals surface area contributed by atoms with Crippen LogP contribution >= 0.6 is 11.3 Å². The first kappa shape index (κ1) is 17.6. The summed E-state index contributed by atoms with van der Waals surface area (Å²) in [7, 11) is 0. The third kappa shape index (κ3) is 3.61. The lowest BCUT2D eigenvalue weighted by Gasteiger charge is -2.28. The zero-order chi connectivity index (χ0) is 17.1. The Morgan fingerprint density at radius 2 is 2.00 bits per heavy atom. The van der Waals surface area contributed by atoms with Crippen LogP contribution in [0, 0.1) is 0 Å². The van der Waals surface area contributed by atoms with Gasteiger partial charge in [0.1, 0.15) is 6.04 Å². The molecule has 2 heterocycles. The van der Waals surface area contributed by atoms with Gasteiger partial charge in [-0.2, -0.15) is 0 Å². The van der Waals surface area contributed by atoms with Gasteiger partial charge in [0.15, 0.2) is 5.78 Å². The number of likely N-dealkylation sites (N-methyl/N-ethyl adjacent to an activating group) is 1. The number of amides is 2. The molecule has 126 valence electrons. The number of nitrogens with zero attached hydrogens (tertiary/aromatic N) is 2. The minimum absolute atomic E-state index is 0.0571. The lowest BCUT2D eigenvalue weighted by Crippen LogP contribution is -2.47. The first-order chi connectivity index (χ1) is 10.9. The van der Waals surface area contributed by atoms with Crippen molar-refractivity contribution in [3.8, 4) is 0 Å². The molecule has 6 nitrogen and oxygen atoms in total. The Bertz CT molecular complexity index is 609. The zero-order valence-electron chi connectivity index (χ0n) is 13.7. The van der Waals surface area contributed by atoms with E-state index in [1.54, 1.807) is 21.2 Å². The Morgan fingerprint density at radius 3 is 2.52 bits per heavy atom. The second-order valence-corrected chi connectivity index (χ2v) is 6.65. The van der Waals surface area contributed by atoms with Gasteiger partial charge in [-0.05, 0) is 33.3 Å². The zero-order valence-corrected chi connectivity index (χ0v) is 14.6. The summed E-state index contributed by atoms with van der Waals surface area (Å²) in [6.45, 7) is 6.88. The molecule has 1 aromatic rings. The molecule has 0 radical (unpaired) electrons. The fourth-order valence-electron chi connectivity index (χ4n) is 2.87. The molecule has 1 aliphatic heterocycles. The summed E-state index contributed by atoms with van der Waals surface area (Å²) in [5, 5.41) is 1.67. The van der Waals surface area contributed by atoms with Crippen LogP contribution < -0.4 is 5.73 Å². The first-order valence-corrected chi connectivity index (χ1v) is 8.71. The molecule has 0 bridgehead atoms. The summed E-state index contributed by atoms with van der Waals surface area (Å²) in [5.74, 6) is -0.353. The summed E-state index contributed by atoms with van der Waals surface area (Å²) in [4.78, 5) is 40.6. The summed E-state index contributed by atoms with van der Waals surface area (Å²) in [6.07, 6.45) is 0.477. The number of nitrogens with two attached hydrogens (primary N) is 1. The molecule has 1 saturated heterocycles. The second-order valence-electron chi connectivity index (χ2n) is 5.74. The minimum Gasteiger partial charge on any atom is -0.341 e. The SMILES string of the molecule is CCN(CC)C(=O)[C@@H]1C[C@@H](N)CN1C(=O)c1csc(C(C)=O)c1. The summed E-state index contributed by atoms with van der Waals surface area (Å²) >= 11 is 1.25. The van der Waals surface area contributed by atoms with Gasteiger partial charge in [-0.15, -0.1) is 11.3 Å². The van der Waals surface area contributed by atoms with E-state index in [2.05, 4.69) is 0 Å². The fraction of sp³-hybridized carbons (Fsp3) is 0.562. The quantitative estimate of drug-likeness (QED) is 0.822. The number of carbonyl (C=O) groups is 3. The predicted octanol–water partition coefficient (Wildman–Crippen LogP) is 1.36. The van der Waals surface area contributed by atoms with E-state index < -0.39 is 6.04 Å². The average molecular weight is 337 g/mol. The van der Waals surface area contributed by atoms with Gasteiger partial charge in [-0.3, -0.25) is 14.4 Å². The topological polar surface area (TPSA) is 83.7 Å². The van der Waals surface area contributed by atoms with Crippen molar-refractivity contribution in [3.63, 3.8) is 0 Å². The molecule has 2 rings (SSSR count). The number of Topliss-reactive ketones (excluding diaryl/α,β-unsaturated/α-hetero) is 1. The molecule has 1 aromatic heterocycles. The lowest BCUT2D eigenvalue weighted by molar-refractivity contribution is -0.134. The number of likely N-dealkylation sites (tertiary alicyclic amines) is 1. The number of carbonyl (C=O) groups excluding carboxylic acids is 3. The largest absolute Gasteiger partial charge is 0.341 e. The van der Waals surface area contributed by atoms with Crippen molar-refractivity contribution >= 4 is 28.9 Å². The minimum atomic E-state index is -0.516. The molecular formula is C16H23N3O3S. The maximum absolute atomic E-state index is 12.7. The highest BCUT2D eigenvalue weighted by molar-refractivity contribution is 7.12. The lowest BCUT2D eigenvalue weighted by atomic mass is 10.1. The third-order valence-corrected chi connectivity index (χ3v) is 5.18. The summed E-state index contributed by atoms with van der Waals surface area (Å²) in [5.41, 5.74) is 6.44. The third-order valence-electron chi connectivity index (χ3n) is 4.15. The van der Waals surface area contributed by atoms with Crippen LogP contribution in [0.25, 0.3) is 0 Å². The molecule has 0 unspecified atom stereocenters. The van der Waals surface area contributed by atoms with Crippen LogP contribution in [0.3, 0.4) is 0 Å². The molecule has 2 atom stereocenters. The van der Waals surface area contributed by atoms with E-state index in [1.807, 2.05) is 13.8 Å². The van der Waals surface area contributed by atoms with Gasteiger partial charge in [0.25, 0.3) is 5.91 Å². The van der Waals surface area contributed by atoms with E-state index >= 15 is 0 Å². The highest BCUT2D eigenvalue weighted by Crippen LogP contribution is 2.24. The Kier molecular flexibility index (Phi) is 5.54. The fourth-order valence-corrected chi connectivity index (χ4v) is 3.66. The number of thiophene rings is 1. The van der Waals surface area contributed by atoms with Gasteiger partial charge in [0.05, 0.1) is 10.4 Å².